The molecule has 25 heavy (non-hydrogen) atoms. The van der Waals surface area contributed by atoms with Crippen LogP contribution in [0.2, 0.25) is 5.02 Å². The van der Waals surface area contributed by atoms with Gasteiger partial charge in [-0.1, -0.05) is 48.0 Å². The summed E-state index contributed by atoms with van der Waals surface area (Å²) in [5.74, 6) is 0.740. The summed E-state index contributed by atoms with van der Waals surface area (Å²) in [4.78, 5) is 15.0. The average molecular weight is 359 g/mol. The fraction of sp³-hybridized carbons (Fsp3) is 0.350. The Kier molecular flexibility index (Phi) is 6.31. The third-order valence-electron chi connectivity index (χ3n) is 4.34. The molecule has 0 bridgehead atoms. The van der Waals surface area contributed by atoms with Gasteiger partial charge in [0.1, 0.15) is 18.4 Å². The Hall–Kier alpha value is -2.04. The van der Waals surface area contributed by atoms with E-state index in [0.29, 0.717) is 23.9 Å². The van der Waals surface area contributed by atoms with Crippen molar-refractivity contribution in [3.63, 3.8) is 0 Å². The average Bonchev–Trinajstić information content (AvgIpc) is 3.14. The number of nitrogens with zero attached hydrogens (tertiary/aromatic N) is 1. The van der Waals surface area contributed by atoms with Gasteiger partial charge in [0.2, 0.25) is 5.91 Å². The molecule has 0 aliphatic carbocycles. The normalized spacial score (nSPS) is 15.7. The minimum absolute atomic E-state index is 0.0304. The van der Waals surface area contributed by atoms with Crippen molar-refractivity contribution in [1.29, 1.82) is 0 Å². The van der Waals surface area contributed by atoms with E-state index in [1.807, 2.05) is 42.5 Å². The second kappa shape index (κ2) is 8.88. The SMILES string of the molecule is O=C(NCCOc1cccc(Cl)c1)C(c1ccccc1)N1CCCC1. The first-order valence-electron chi connectivity index (χ1n) is 8.69. The molecule has 1 atom stereocenters. The molecule has 0 spiro atoms. The van der Waals surface area contributed by atoms with Gasteiger partial charge in [0.25, 0.3) is 0 Å². The number of nitrogens with one attached hydrogen (secondary N) is 1. The zero-order valence-electron chi connectivity index (χ0n) is 14.2. The summed E-state index contributed by atoms with van der Waals surface area (Å²) in [7, 11) is 0. The minimum atomic E-state index is -0.227. The van der Waals surface area contributed by atoms with Gasteiger partial charge >= 0.3 is 0 Å². The molecule has 2 aromatic rings. The van der Waals surface area contributed by atoms with Crippen LogP contribution in [-0.2, 0) is 4.79 Å². The molecule has 132 valence electrons. The first-order valence-corrected chi connectivity index (χ1v) is 9.07. The van der Waals surface area contributed by atoms with Crippen LogP contribution < -0.4 is 10.1 Å². The van der Waals surface area contributed by atoms with Crippen molar-refractivity contribution in [3.05, 3.63) is 65.2 Å². The number of amides is 1. The lowest BCUT2D eigenvalue weighted by Crippen LogP contribution is -2.40. The quantitative estimate of drug-likeness (QED) is 0.768. The summed E-state index contributed by atoms with van der Waals surface area (Å²) in [5.41, 5.74) is 1.04. The van der Waals surface area contributed by atoms with Gasteiger partial charge < -0.3 is 10.1 Å². The van der Waals surface area contributed by atoms with Crippen molar-refractivity contribution in [1.82, 2.24) is 10.2 Å². The summed E-state index contributed by atoms with van der Waals surface area (Å²) in [5, 5.41) is 3.64. The number of ether oxygens (including phenoxy) is 1. The van der Waals surface area contributed by atoms with Gasteiger partial charge in [-0.3, -0.25) is 9.69 Å². The summed E-state index contributed by atoms with van der Waals surface area (Å²) >= 11 is 5.93. The van der Waals surface area contributed by atoms with Crippen LogP contribution in [0.25, 0.3) is 0 Å². The number of likely N-dealkylation sites (tertiary alicyclic amines) is 1. The van der Waals surface area contributed by atoms with Gasteiger partial charge in [0.15, 0.2) is 0 Å². The third kappa shape index (κ3) is 4.97. The van der Waals surface area contributed by atoms with Gasteiger partial charge in [-0.05, 0) is 49.7 Å². The number of carbonyl (C=O) groups excluding carboxylic acids is 1. The molecular weight excluding hydrogens is 336 g/mol. The monoisotopic (exact) mass is 358 g/mol. The number of benzene rings is 2. The predicted molar refractivity (Wildman–Crippen MR) is 99.9 cm³/mol. The standard InChI is InChI=1S/C20H23ClN2O2/c21-17-9-6-10-18(15-17)25-14-11-22-20(24)19(23-12-4-5-13-23)16-7-2-1-3-8-16/h1-3,6-10,15,19H,4-5,11-14H2,(H,22,24). The molecule has 1 N–H and O–H groups in total. The van der Waals surface area contributed by atoms with Gasteiger partial charge in [0, 0.05) is 5.02 Å². The first-order chi connectivity index (χ1) is 12.2. The summed E-state index contributed by atoms with van der Waals surface area (Å²) in [6, 6.07) is 17.0. The third-order valence-corrected chi connectivity index (χ3v) is 4.57. The Bertz CT molecular complexity index is 687. The van der Waals surface area contributed by atoms with E-state index in [-0.39, 0.29) is 11.9 Å². The smallest absolute Gasteiger partial charge is 0.242 e. The van der Waals surface area contributed by atoms with E-state index in [1.165, 1.54) is 0 Å². The fourth-order valence-corrected chi connectivity index (χ4v) is 3.34. The van der Waals surface area contributed by atoms with Crippen LogP contribution in [0.4, 0.5) is 0 Å². The predicted octanol–water partition coefficient (Wildman–Crippen LogP) is 3.67. The molecule has 1 fully saturated rings. The van der Waals surface area contributed by atoms with E-state index in [1.54, 1.807) is 12.1 Å². The molecule has 0 aromatic heterocycles. The van der Waals surface area contributed by atoms with Crippen molar-refractivity contribution in [2.75, 3.05) is 26.2 Å². The van der Waals surface area contributed by atoms with E-state index >= 15 is 0 Å². The van der Waals surface area contributed by atoms with E-state index < -0.39 is 0 Å². The highest BCUT2D eigenvalue weighted by atomic mass is 35.5. The molecule has 0 saturated carbocycles. The number of hydrogen-bond acceptors (Lipinski definition) is 3. The van der Waals surface area contributed by atoms with Gasteiger partial charge in [-0.2, -0.15) is 0 Å². The highest BCUT2D eigenvalue weighted by Crippen LogP contribution is 2.25. The van der Waals surface area contributed by atoms with Crippen molar-refractivity contribution in [3.8, 4) is 5.75 Å². The highest BCUT2D eigenvalue weighted by molar-refractivity contribution is 6.30. The molecule has 5 heteroatoms. The molecule has 2 aromatic carbocycles. The molecule has 1 aliphatic heterocycles. The Morgan fingerprint density at radius 3 is 2.60 bits per heavy atom. The Balaban J connectivity index is 1.55. The molecule has 1 aliphatic rings. The van der Waals surface area contributed by atoms with E-state index in [2.05, 4.69) is 10.2 Å². The highest BCUT2D eigenvalue weighted by Gasteiger charge is 2.29. The minimum Gasteiger partial charge on any atom is -0.492 e. The van der Waals surface area contributed by atoms with Crippen LogP contribution >= 0.6 is 11.6 Å². The first kappa shape index (κ1) is 17.8. The second-order valence-corrected chi connectivity index (χ2v) is 6.59. The van der Waals surface area contributed by atoms with Crippen LogP contribution in [0.15, 0.2) is 54.6 Å². The van der Waals surface area contributed by atoms with Crippen molar-refractivity contribution in [2.24, 2.45) is 0 Å². The molecule has 3 rings (SSSR count). The molecular formula is C20H23ClN2O2. The maximum atomic E-state index is 12.8. The molecule has 1 heterocycles. The summed E-state index contributed by atoms with van der Waals surface area (Å²) < 4.78 is 5.64. The Morgan fingerprint density at radius 1 is 1.12 bits per heavy atom. The van der Waals surface area contributed by atoms with Crippen LogP contribution in [0.3, 0.4) is 0 Å². The lowest BCUT2D eigenvalue weighted by atomic mass is 10.0. The summed E-state index contributed by atoms with van der Waals surface area (Å²) in [6.45, 7) is 2.80. The fourth-order valence-electron chi connectivity index (χ4n) is 3.16. The van der Waals surface area contributed by atoms with Crippen molar-refractivity contribution < 1.29 is 9.53 Å². The van der Waals surface area contributed by atoms with Crippen LogP contribution in [-0.4, -0.2) is 37.0 Å². The number of carbonyl (C=O) groups is 1. The Labute approximate surface area is 153 Å². The van der Waals surface area contributed by atoms with Crippen molar-refractivity contribution in [2.45, 2.75) is 18.9 Å². The van der Waals surface area contributed by atoms with Crippen LogP contribution in [0.1, 0.15) is 24.4 Å². The number of rotatable bonds is 7. The van der Waals surface area contributed by atoms with Crippen LogP contribution in [0, 0.1) is 0 Å². The number of hydrogen-bond donors (Lipinski definition) is 1. The Morgan fingerprint density at radius 2 is 1.88 bits per heavy atom. The molecule has 1 saturated heterocycles. The number of halogens is 1. The largest absolute Gasteiger partial charge is 0.492 e. The van der Waals surface area contributed by atoms with Crippen molar-refractivity contribution >= 4 is 17.5 Å². The summed E-state index contributed by atoms with van der Waals surface area (Å²) in [6.07, 6.45) is 2.29. The van der Waals surface area contributed by atoms with Gasteiger partial charge in [-0.15, -0.1) is 0 Å². The molecule has 0 radical (unpaired) electrons. The maximum absolute atomic E-state index is 12.8. The molecule has 4 nitrogen and oxygen atoms in total. The lowest BCUT2D eigenvalue weighted by Gasteiger charge is -2.27. The molecule has 1 unspecified atom stereocenters. The van der Waals surface area contributed by atoms with E-state index in [0.717, 1.165) is 31.5 Å². The van der Waals surface area contributed by atoms with E-state index in [9.17, 15) is 4.79 Å². The van der Waals surface area contributed by atoms with E-state index in [4.69, 9.17) is 16.3 Å². The zero-order chi connectivity index (χ0) is 17.5. The molecule has 1 amide bonds. The topological polar surface area (TPSA) is 41.6 Å². The lowest BCUT2D eigenvalue weighted by molar-refractivity contribution is -0.126. The van der Waals surface area contributed by atoms with Gasteiger partial charge in [0.05, 0.1) is 6.54 Å². The zero-order valence-corrected chi connectivity index (χ0v) is 14.9. The van der Waals surface area contributed by atoms with Crippen LogP contribution in [0.5, 0.6) is 5.75 Å². The van der Waals surface area contributed by atoms with Gasteiger partial charge in [-0.25, -0.2) is 0 Å². The second-order valence-electron chi connectivity index (χ2n) is 6.15. The maximum Gasteiger partial charge on any atom is 0.242 e.